The number of hydrogen-bond donors (Lipinski definition) is 3. The van der Waals surface area contributed by atoms with Crippen LogP contribution in [0.5, 0.6) is 0 Å². The van der Waals surface area contributed by atoms with E-state index < -0.39 is 0 Å². The average molecular weight is 439 g/mol. The van der Waals surface area contributed by atoms with Crippen molar-refractivity contribution in [3.05, 3.63) is 95.9 Å². The van der Waals surface area contributed by atoms with Gasteiger partial charge in [-0.2, -0.15) is 0 Å². The van der Waals surface area contributed by atoms with Crippen molar-refractivity contribution in [3.8, 4) is 11.3 Å². The van der Waals surface area contributed by atoms with E-state index in [4.69, 9.17) is 0 Å². The lowest BCUT2D eigenvalue weighted by molar-refractivity contribution is 0.102. The van der Waals surface area contributed by atoms with Crippen LogP contribution in [0.4, 0.5) is 17.3 Å². The molecule has 1 amide bonds. The number of pyridine rings is 1. The fourth-order valence-electron chi connectivity index (χ4n) is 3.34. The fraction of sp³-hybridized carbons (Fsp3) is 0.154. The molecule has 0 saturated heterocycles. The van der Waals surface area contributed by atoms with Crippen LogP contribution < -0.4 is 16.0 Å². The molecule has 0 saturated carbocycles. The van der Waals surface area contributed by atoms with Gasteiger partial charge in [0.05, 0.1) is 5.69 Å². The number of amides is 1. The van der Waals surface area contributed by atoms with Crippen LogP contribution in [0.1, 0.15) is 21.5 Å². The van der Waals surface area contributed by atoms with Gasteiger partial charge in [-0.25, -0.2) is 9.97 Å². The lowest BCUT2D eigenvalue weighted by atomic mass is 10.1. The summed E-state index contributed by atoms with van der Waals surface area (Å²) in [5, 5.41) is 9.36. The van der Waals surface area contributed by atoms with Gasteiger partial charge in [-0.15, -0.1) is 0 Å². The molecular weight excluding hydrogens is 412 g/mol. The summed E-state index contributed by atoms with van der Waals surface area (Å²) < 4.78 is 0. The summed E-state index contributed by atoms with van der Waals surface area (Å²) >= 11 is 0. The number of benzene rings is 2. The minimum Gasteiger partial charge on any atom is -0.324 e. The Morgan fingerprint density at radius 1 is 1.00 bits per heavy atom. The third kappa shape index (κ3) is 5.78. The van der Waals surface area contributed by atoms with Crippen LogP contribution in [0.3, 0.4) is 0 Å². The number of carbonyl (C=O) groups is 1. The molecule has 0 bridgehead atoms. The van der Waals surface area contributed by atoms with E-state index in [1.165, 1.54) is 5.56 Å². The van der Waals surface area contributed by atoms with Crippen LogP contribution in [-0.2, 0) is 6.42 Å². The van der Waals surface area contributed by atoms with Gasteiger partial charge in [0.2, 0.25) is 5.95 Å². The van der Waals surface area contributed by atoms with Crippen LogP contribution >= 0.6 is 0 Å². The number of aromatic nitrogens is 3. The molecule has 0 radical (unpaired) electrons. The maximum Gasteiger partial charge on any atom is 0.255 e. The lowest BCUT2D eigenvalue weighted by Gasteiger charge is -2.12. The molecule has 4 rings (SSSR count). The van der Waals surface area contributed by atoms with Crippen molar-refractivity contribution < 1.29 is 4.79 Å². The molecule has 3 N–H and O–H groups in total. The number of carbonyl (C=O) groups excluding carboxylic acids is 1. The van der Waals surface area contributed by atoms with E-state index in [1.54, 1.807) is 18.6 Å². The second-order valence-corrected chi connectivity index (χ2v) is 7.67. The molecule has 7 nitrogen and oxygen atoms in total. The highest BCUT2D eigenvalue weighted by atomic mass is 16.1. The van der Waals surface area contributed by atoms with Crippen molar-refractivity contribution in [1.29, 1.82) is 0 Å². The van der Waals surface area contributed by atoms with Crippen molar-refractivity contribution in [2.75, 3.05) is 24.2 Å². The quantitative estimate of drug-likeness (QED) is 0.372. The second-order valence-electron chi connectivity index (χ2n) is 7.67. The molecular formula is C26H26N6O. The molecule has 166 valence electrons. The number of hydrogen-bond acceptors (Lipinski definition) is 6. The minimum atomic E-state index is -0.153. The Labute approximate surface area is 193 Å². The summed E-state index contributed by atoms with van der Waals surface area (Å²) in [4.78, 5) is 25.8. The van der Waals surface area contributed by atoms with Crippen LogP contribution in [0.25, 0.3) is 11.3 Å². The largest absolute Gasteiger partial charge is 0.324 e. The topological polar surface area (TPSA) is 91.8 Å². The van der Waals surface area contributed by atoms with Gasteiger partial charge in [-0.3, -0.25) is 9.78 Å². The molecule has 0 aliphatic carbocycles. The molecule has 33 heavy (non-hydrogen) atoms. The molecule has 0 aliphatic rings. The Kier molecular flexibility index (Phi) is 7.02. The smallest absolute Gasteiger partial charge is 0.255 e. The highest BCUT2D eigenvalue weighted by Gasteiger charge is 2.09. The van der Waals surface area contributed by atoms with Gasteiger partial charge < -0.3 is 16.0 Å². The summed E-state index contributed by atoms with van der Waals surface area (Å²) in [6.45, 7) is 2.89. The zero-order valence-electron chi connectivity index (χ0n) is 18.7. The van der Waals surface area contributed by atoms with E-state index in [-0.39, 0.29) is 5.91 Å². The third-order valence-corrected chi connectivity index (χ3v) is 5.23. The van der Waals surface area contributed by atoms with Gasteiger partial charge in [-0.1, -0.05) is 18.2 Å². The van der Waals surface area contributed by atoms with Crippen LogP contribution in [0, 0.1) is 6.92 Å². The Hall–Kier alpha value is -4.10. The Morgan fingerprint density at radius 3 is 2.61 bits per heavy atom. The predicted octanol–water partition coefficient (Wildman–Crippen LogP) is 4.60. The zero-order valence-corrected chi connectivity index (χ0v) is 18.7. The number of aryl methyl sites for hydroxylation is 1. The summed E-state index contributed by atoms with van der Waals surface area (Å²) in [7, 11) is 1.93. The van der Waals surface area contributed by atoms with Crippen molar-refractivity contribution in [2.24, 2.45) is 0 Å². The van der Waals surface area contributed by atoms with Gasteiger partial charge >= 0.3 is 0 Å². The molecule has 2 heterocycles. The summed E-state index contributed by atoms with van der Waals surface area (Å²) in [6, 6.07) is 19.1. The number of anilines is 3. The maximum absolute atomic E-state index is 12.7. The van der Waals surface area contributed by atoms with Gasteiger partial charge in [0.25, 0.3) is 5.91 Å². The Morgan fingerprint density at radius 2 is 1.85 bits per heavy atom. The molecule has 7 heteroatoms. The third-order valence-electron chi connectivity index (χ3n) is 5.23. The molecule has 0 atom stereocenters. The molecule has 0 unspecified atom stereocenters. The van der Waals surface area contributed by atoms with Crippen molar-refractivity contribution in [1.82, 2.24) is 20.3 Å². The Bertz CT molecular complexity index is 1230. The molecule has 4 aromatic rings. The van der Waals surface area contributed by atoms with E-state index in [9.17, 15) is 4.79 Å². The first kappa shape index (κ1) is 22.1. The molecule has 2 aromatic carbocycles. The molecule has 0 aliphatic heterocycles. The molecule has 0 spiro atoms. The van der Waals surface area contributed by atoms with Crippen molar-refractivity contribution >= 4 is 23.2 Å². The highest BCUT2D eigenvalue weighted by Crippen LogP contribution is 2.24. The first-order valence-electron chi connectivity index (χ1n) is 10.8. The van der Waals surface area contributed by atoms with E-state index in [0.717, 1.165) is 35.5 Å². The van der Waals surface area contributed by atoms with Gasteiger partial charge in [0.1, 0.15) is 0 Å². The summed E-state index contributed by atoms with van der Waals surface area (Å²) in [6.07, 6.45) is 6.13. The standard InChI is InChI=1S/C26H26N6O/c1-18-5-10-22(30-25(33)20-8-6-19(7-9-20)11-14-27-2)16-24(18)32-26-29-15-12-23(31-26)21-4-3-13-28-17-21/h3-10,12-13,15-17,27H,11,14H2,1-2H3,(H,30,33)(H,29,31,32). The number of rotatable bonds is 8. The number of likely N-dealkylation sites (N-methyl/N-ethyl adjacent to an activating group) is 1. The van der Waals surface area contributed by atoms with Gasteiger partial charge in [0.15, 0.2) is 0 Å². The normalized spacial score (nSPS) is 10.6. The van der Waals surface area contributed by atoms with E-state index in [0.29, 0.717) is 17.2 Å². The van der Waals surface area contributed by atoms with Gasteiger partial charge in [0, 0.05) is 41.1 Å². The first-order valence-corrected chi connectivity index (χ1v) is 10.8. The minimum absolute atomic E-state index is 0.153. The summed E-state index contributed by atoms with van der Waals surface area (Å²) in [5.74, 6) is 0.319. The molecule has 0 fully saturated rings. The lowest BCUT2D eigenvalue weighted by Crippen LogP contribution is -2.13. The Balaban J connectivity index is 1.47. The summed E-state index contributed by atoms with van der Waals surface area (Å²) in [5.41, 5.74) is 6.02. The second kappa shape index (κ2) is 10.5. The number of nitrogens with one attached hydrogen (secondary N) is 3. The van der Waals surface area contributed by atoms with Crippen molar-refractivity contribution in [3.63, 3.8) is 0 Å². The number of nitrogens with zero attached hydrogens (tertiary/aromatic N) is 3. The van der Waals surface area contributed by atoms with Crippen LogP contribution in [0.2, 0.25) is 0 Å². The van der Waals surface area contributed by atoms with Crippen LogP contribution in [-0.4, -0.2) is 34.5 Å². The average Bonchev–Trinajstić information content (AvgIpc) is 2.86. The molecule has 2 aromatic heterocycles. The van der Waals surface area contributed by atoms with Crippen LogP contribution in [0.15, 0.2) is 79.3 Å². The monoisotopic (exact) mass is 438 g/mol. The van der Waals surface area contributed by atoms with E-state index in [1.807, 2.05) is 74.6 Å². The first-order chi connectivity index (χ1) is 16.1. The predicted molar refractivity (Wildman–Crippen MR) is 132 cm³/mol. The van der Waals surface area contributed by atoms with Crippen molar-refractivity contribution in [2.45, 2.75) is 13.3 Å². The van der Waals surface area contributed by atoms with Gasteiger partial charge in [-0.05, 0) is 80.5 Å². The maximum atomic E-state index is 12.7. The zero-order chi connectivity index (χ0) is 23.0. The fourth-order valence-corrected chi connectivity index (χ4v) is 3.34. The highest BCUT2D eigenvalue weighted by molar-refractivity contribution is 6.04. The van der Waals surface area contributed by atoms with E-state index >= 15 is 0 Å². The van der Waals surface area contributed by atoms with E-state index in [2.05, 4.69) is 30.9 Å². The SMILES string of the molecule is CNCCc1ccc(C(=O)Nc2ccc(C)c(Nc3nccc(-c4cccnc4)n3)c2)cc1.